The molecule has 0 amide bonds. The van der Waals surface area contributed by atoms with Gasteiger partial charge in [-0.2, -0.15) is 0 Å². The van der Waals surface area contributed by atoms with Gasteiger partial charge >= 0.3 is 0 Å². The lowest BCUT2D eigenvalue weighted by molar-refractivity contribution is -0.00535. The molecule has 0 aromatic heterocycles. The quantitative estimate of drug-likeness (QED) is 0.536. The summed E-state index contributed by atoms with van der Waals surface area (Å²) in [4.78, 5) is 0. The highest BCUT2D eigenvalue weighted by atomic mass is 16.5. The molecule has 0 radical (unpaired) electrons. The van der Waals surface area contributed by atoms with E-state index in [2.05, 4.69) is 0 Å². The molecule has 0 unspecified atom stereocenters. The summed E-state index contributed by atoms with van der Waals surface area (Å²) in [6.45, 7) is 5.37. The fraction of sp³-hybridized carbons (Fsp3) is 1.00. The Morgan fingerprint density at radius 2 is 2.11 bits per heavy atom. The number of ether oxygens (including phenoxy) is 1. The first-order chi connectivity index (χ1) is 4.39. The summed E-state index contributed by atoms with van der Waals surface area (Å²) in [6, 6.07) is 0. The van der Waals surface area contributed by atoms with E-state index in [0.29, 0.717) is 6.61 Å². The Labute approximate surface area is 56.8 Å². The van der Waals surface area contributed by atoms with Gasteiger partial charge in [-0.1, -0.05) is 13.8 Å². The summed E-state index contributed by atoms with van der Waals surface area (Å²) >= 11 is 0. The van der Waals surface area contributed by atoms with Crippen molar-refractivity contribution in [2.45, 2.75) is 32.8 Å². The summed E-state index contributed by atoms with van der Waals surface area (Å²) in [5.74, 6) is 0. The first-order valence-corrected chi connectivity index (χ1v) is 3.65. The summed E-state index contributed by atoms with van der Waals surface area (Å²) in [6.07, 6.45) is 1.75. The van der Waals surface area contributed by atoms with Gasteiger partial charge in [-0.3, -0.25) is 0 Å². The van der Waals surface area contributed by atoms with Crippen molar-refractivity contribution in [2.75, 3.05) is 13.2 Å². The second kappa shape index (κ2) is 6.05. The Balaban J connectivity index is 0.000000291. The third kappa shape index (κ3) is 4.43. The molecule has 1 aliphatic heterocycles. The minimum absolute atomic E-state index is 0.186. The van der Waals surface area contributed by atoms with Crippen LogP contribution in [0, 0.1) is 0 Å². The first kappa shape index (κ1) is 8.92. The van der Waals surface area contributed by atoms with E-state index in [4.69, 9.17) is 9.84 Å². The monoisotopic (exact) mass is 132 g/mol. The van der Waals surface area contributed by atoms with Gasteiger partial charge < -0.3 is 9.84 Å². The number of hydrogen-bond donors (Lipinski definition) is 1. The lowest BCUT2D eigenvalue weighted by Gasteiger charge is -2.15. The predicted octanol–water partition coefficient (Wildman–Crippen LogP) is 1.18. The van der Waals surface area contributed by atoms with E-state index in [9.17, 15) is 0 Å². The van der Waals surface area contributed by atoms with Crippen LogP contribution in [0.25, 0.3) is 0 Å². The normalized spacial score (nSPS) is 26.3. The molecule has 9 heavy (non-hydrogen) atoms. The van der Waals surface area contributed by atoms with Gasteiger partial charge in [-0.05, 0) is 12.8 Å². The standard InChI is InChI=1S/C5H10O2.C2H6/c6-5-2-1-3-7-4-5;1-2/h5-6H,1-4H2;1-2H3/t5-;/m0./s1. The second-order valence-corrected chi connectivity index (χ2v) is 1.87. The third-order valence-electron chi connectivity index (χ3n) is 1.14. The van der Waals surface area contributed by atoms with Crippen LogP contribution in [0.4, 0.5) is 0 Å². The van der Waals surface area contributed by atoms with Crippen LogP contribution in [-0.2, 0) is 4.74 Å². The Bertz CT molecular complexity index is 48.9. The molecule has 1 fully saturated rings. The fourth-order valence-corrected chi connectivity index (χ4v) is 0.724. The molecule has 2 nitrogen and oxygen atoms in total. The summed E-state index contributed by atoms with van der Waals surface area (Å²) in [7, 11) is 0. The summed E-state index contributed by atoms with van der Waals surface area (Å²) < 4.78 is 4.93. The molecular formula is C7H16O2. The SMILES string of the molecule is CC.O[C@H]1CCCOC1. The molecule has 0 saturated carbocycles. The molecule has 2 heteroatoms. The predicted molar refractivity (Wildman–Crippen MR) is 37.4 cm³/mol. The molecule has 1 heterocycles. The van der Waals surface area contributed by atoms with Crippen LogP contribution in [0.3, 0.4) is 0 Å². The Morgan fingerprint density at radius 3 is 2.33 bits per heavy atom. The minimum atomic E-state index is -0.186. The van der Waals surface area contributed by atoms with Crippen molar-refractivity contribution in [3.63, 3.8) is 0 Å². The Kier molecular flexibility index (Phi) is 5.99. The van der Waals surface area contributed by atoms with Crippen molar-refractivity contribution < 1.29 is 9.84 Å². The zero-order valence-electron chi connectivity index (χ0n) is 6.26. The van der Waals surface area contributed by atoms with Crippen LogP contribution < -0.4 is 0 Å². The molecule has 1 N–H and O–H groups in total. The maximum atomic E-state index is 8.78. The average Bonchev–Trinajstić information content (AvgIpc) is 1.94. The molecule has 1 rings (SSSR count). The van der Waals surface area contributed by atoms with Crippen molar-refractivity contribution in [3.8, 4) is 0 Å². The van der Waals surface area contributed by atoms with Gasteiger partial charge in [0.05, 0.1) is 12.7 Å². The van der Waals surface area contributed by atoms with Gasteiger partial charge in [0, 0.05) is 6.61 Å². The zero-order valence-corrected chi connectivity index (χ0v) is 6.26. The molecular weight excluding hydrogens is 116 g/mol. The maximum absolute atomic E-state index is 8.78. The molecule has 0 aromatic carbocycles. The molecule has 56 valence electrons. The molecule has 0 bridgehead atoms. The molecule has 1 aliphatic rings. The van der Waals surface area contributed by atoms with Crippen LogP contribution >= 0.6 is 0 Å². The molecule has 1 saturated heterocycles. The van der Waals surface area contributed by atoms with Gasteiger partial charge in [0.25, 0.3) is 0 Å². The maximum Gasteiger partial charge on any atom is 0.0774 e. The lowest BCUT2D eigenvalue weighted by atomic mass is 10.2. The van der Waals surface area contributed by atoms with Gasteiger partial charge in [-0.25, -0.2) is 0 Å². The van der Waals surface area contributed by atoms with Gasteiger partial charge in [0.15, 0.2) is 0 Å². The number of hydrogen-bond acceptors (Lipinski definition) is 2. The van der Waals surface area contributed by atoms with Crippen LogP contribution in [-0.4, -0.2) is 24.4 Å². The van der Waals surface area contributed by atoms with Crippen LogP contribution in [0.2, 0.25) is 0 Å². The van der Waals surface area contributed by atoms with Crippen molar-refractivity contribution in [1.29, 1.82) is 0 Å². The van der Waals surface area contributed by atoms with Gasteiger partial charge in [-0.15, -0.1) is 0 Å². The molecule has 0 aromatic rings. The van der Waals surface area contributed by atoms with Crippen molar-refractivity contribution in [2.24, 2.45) is 0 Å². The second-order valence-electron chi connectivity index (χ2n) is 1.87. The van der Waals surface area contributed by atoms with E-state index in [0.717, 1.165) is 19.4 Å². The zero-order chi connectivity index (χ0) is 7.11. The van der Waals surface area contributed by atoms with E-state index in [1.807, 2.05) is 13.8 Å². The largest absolute Gasteiger partial charge is 0.391 e. The van der Waals surface area contributed by atoms with E-state index >= 15 is 0 Å². The van der Waals surface area contributed by atoms with Crippen LogP contribution in [0.15, 0.2) is 0 Å². The topological polar surface area (TPSA) is 29.5 Å². The molecule has 0 aliphatic carbocycles. The lowest BCUT2D eigenvalue weighted by Crippen LogP contribution is -2.21. The highest BCUT2D eigenvalue weighted by Gasteiger charge is 2.07. The highest BCUT2D eigenvalue weighted by molar-refractivity contribution is 4.57. The third-order valence-corrected chi connectivity index (χ3v) is 1.14. The van der Waals surface area contributed by atoms with Gasteiger partial charge in [0.2, 0.25) is 0 Å². The van der Waals surface area contributed by atoms with Crippen LogP contribution in [0.1, 0.15) is 26.7 Å². The van der Waals surface area contributed by atoms with Crippen LogP contribution in [0.5, 0.6) is 0 Å². The first-order valence-electron chi connectivity index (χ1n) is 3.65. The van der Waals surface area contributed by atoms with E-state index in [1.54, 1.807) is 0 Å². The summed E-state index contributed by atoms with van der Waals surface area (Å²) in [5, 5.41) is 8.78. The van der Waals surface area contributed by atoms with E-state index < -0.39 is 0 Å². The fourth-order valence-electron chi connectivity index (χ4n) is 0.724. The number of aliphatic hydroxyl groups is 1. The smallest absolute Gasteiger partial charge is 0.0774 e. The average molecular weight is 132 g/mol. The highest BCUT2D eigenvalue weighted by Crippen LogP contribution is 2.03. The minimum Gasteiger partial charge on any atom is -0.391 e. The van der Waals surface area contributed by atoms with Crippen molar-refractivity contribution >= 4 is 0 Å². The Hall–Kier alpha value is -0.0800. The van der Waals surface area contributed by atoms with Gasteiger partial charge in [0.1, 0.15) is 0 Å². The van der Waals surface area contributed by atoms with E-state index in [-0.39, 0.29) is 6.10 Å². The summed E-state index contributed by atoms with van der Waals surface area (Å²) in [5.41, 5.74) is 0. The molecule has 1 atom stereocenters. The number of aliphatic hydroxyl groups excluding tert-OH is 1. The van der Waals surface area contributed by atoms with Crippen molar-refractivity contribution in [3.05, 3.63) is 0 Å². The Morgan fingerprint density at radius 1 is 1.44 bits per heavy atom. The van der Waals surface area contributed by atoms with E-state index in [1.165, 1.54) is 0 Å². The van der Waals surface area contributed by atoms with Crippen molar-refractivity contribution in [1.82, 2.24) is 0 Å². The number of rotatable bonds is 0. The molecule has 0 spiro atoms.